The molecule has 0 spiro atoms. The summed E-state index contributed by atoms with van der Waals surface area (Å²) in [5.41, 5.74) is 3.57. The van der Waals surface area contributed by atoms with E-state index in [1.54, 1.807) is 56.1 Å². The van der Waals surface area contributed by atoms with Crippen molar-refractivity contribution in [1.82, 2.24) is 4.98 Å². The Morgan fingerprint density at radius 1 is 1.00 bits per heavy atom. The number of thiazole rings is 1. The van der Waals surface area contributed by atoms with Gasteiger partial charge in [-0.15, -0.1) is 11.3 Å². The monoisotopic (exact) mass is 400 g/mol. The normalized spacial score (nSPS) is 10.2. The van der Waals surface area contributed by atoms with Gasteiger partial charge in [0.05, 0.1) is 32.5 Å². The van der Waals surface area contributed by atoms with E-state index < -0.39 is 0 Å². The molecule has 0 aliphatic heterocycles. The van der Waals surface area contributed by atoms with Crippen LogP contribution >= 0.6 is 11.3 Å². The molecule has 1 heterocycles. The largest absolute Gasteiger partial charge is 0.497 e. The van der Waals surface area contributed by atoms with Crippen LogP contribution < -0.4 is 24.3 Å². The molecule has 0 saturated carbocycles. The Morgan fingerprint density at radius 2 is 1.75 bits per heavy atom. The lowest BCUT2D eigenvalue weighted by molar-refractivity contribution is 0.102. The van der Waals surface area contributed by atoms with Gasteiger partial charge in [-0.05, 0) is 18.2 Å². The van der Waals surface area contributed by atoms with Crippen LogP contribution in [0.3, 0.4) is 0 Å². The second-order valence-corrected chi connectivity index (χ2v) is 6.41. The van der Waals surface area contributed by atoms with E-state index in [-0.39, 0.29) is 5.91 Å². The third kappa shape index (κ3) is 4.72. The van der Waals surface area contributed by atoms with Crippen molar-refractivity contribution in [3.8, 4) is 23.0 Å². The molecule has 2 aromatic carbocycles. The van der Waals surface area contributed by atoms with E-state index in [2.05, 4.69) is 10.3 Å². The van der Waals surface area contributed by atoms with Crippen molar-refractivity contribution in [3.63, 3.8) is 0 Å². The van der Waals surface area contributed by atoms with Crippen LogP contribution in [0.15, 0.2) is 47.3 Å². The predicted molar refractivity (Wildman–Crippen MR) is 107 cm³/mol. The molecule has 1 aromatic heterocycles. The molecule has 1 N–H and O–H groups in total. The molecule has 0 aliphatic rings. The van der Waals surface area contributed by atoms with E-state index in [0.717, 1.165) is 5.69 Å². The van der Waals surface area contributed by atoms with Crippen molar-refractivity contribution < 1.29 is 23.7 Å². The van der Waals surface area contributed by atoms with Crippen LogP contribution in [0.4, 0.5) is 5.69 Å². The lowest BCUT2D eigenvalue weighted by Gasteiger charge is -2.13. The summed E-state index contributed by atoms with van der Waals surface area (Å²) >= 11 is 1.50. The predicted octanol–water partition coefficient (Wildman–Crippen LogP) is 4.00. The Hall–Kier alpha value is -3.26. The molecule has 1 amide bonds. The topological polar surface area (TPSA) is 78.9 Å². The van der Waals surface area contributed by atoms with Gasteiger partial charge in [0.15, 0.2) is 11.5 Å². The average molecular weight is 400 g/mol. The van der Waals surface area contributed by atoms with Gasteiger partial charge in [0.1, 0.15) is 18.1 Å². The number of benzene rings is 2. The third-order valence-corrected chi connectivity index (χ3v) is 4.53. The molecule has 3 aromatic rings. The van der Waals surface area contributed by atoms with E-state index >= 15 is 0 Å². The first-order valence-electron chi connectivity index (χ1n) is 8.35. The second-order valence-electron chi connectivity index (χ2n) is 5.69. The summed E-state index contributed by atoms with van der Waals surface area (Å²) < 4.78 is 21.6. The molecule has 0 atom stereocenters. The second kappa shape index (κ2) is 9.09. The van der Waals surface area contributed by atoms with Crippen LogP contribution in [0, 0.1) is 0 Å². The number of hydrogen-bond donors (Lipinski definition) is 1. The van der Waals surface area contributed by atoms with Crippen LogP contribution in [0.2, 0.25) is 0 Å². The number of nitrogens with zero attached hydrogens (tertiary/aromatic N) is 1. The smallest absolute Gasteiger partial charge is 0.255 e. The Balaban J connectivity index is 1.75. The lowest BCUT2D eigenvalue weighted by atomic mass is 10.1. The summed E-state index contributed by atoms with van der Waals surface area (Å²) in [5.74, 6) is 1.87. The quantitative estimate of drug-likeness (QED) is 0.616. The van der Waals surface area contributed by atoms with E-state index in [1.165, 1.54) is 18.4 Å². The first-order valence-corrected chi connectivity index (χ1v) is 9.29. The van der Waals surface area contributed by atoms with Crippen molar-refractivity contribution in [3.05, 3.63) is 58.5 Å². The van der Waals surface area contributed by atoms with Crippen LogP contribution in [-0.4, -0.2) is 32.2 Å². The molecular weight excluding hydrogens is 380 g/mol. The summed E-state index contributed by atoms with van der Waals surface area (Å²) in [4.78, 5) is 16.8. The number of carbonyl (C=O) groups is 1. The first-order chi connectivity index (χ1) is 13.6. The zero-order valence-electron chi connectivity index (χ0n) is 15.7. The Morgan fingerprint density at radius 3 is 2.36 bits per heavy atom. The zero-order valence-corrected chi connectivity index (χ0v) is 16.5. The van der Waals surface area contributed by atoms with Crippen molar-refractivity contribution in [1.29, 1.82) is 0 Å². The molecule has 0 aliphatic carbocycles. The van der Waals surface area contributed by atoms with Crippen molar-refractivity contribution in [2.75, 3.05) is 26.6 Å². The fourth-order valence-electron chi connectivity index (χ4n) is 2.47. The molecule has 28 heavy (non-hydrogen) atoms. The van der Waals surface area contributed by atoms with Gasteiger partial charge >= 0.3 is 0 Å². The minimum absolute atomic E-state index is 0.292. The summed E-state index contributed by atoms with van der Waals surface area (Å²) in [6, 6.07) is 10.2. The fraction of sp³-hybridized carbons (Fsp3) is 0.200. The number of carbonyl (C=O) groups excluding carboxylic acids is 1. The van der Waals surface area contributed by atoms with Gasteiger partial charge in [-0.25, -0.2) is 4.98 Å². The van der Waals surface area contributed by atoms with Gasteiger partial charge in [-0.3, -0.25) is 4.79 Å². The molecule has 0 saturated heterocycles. The van der Waals surface area contributed by atoms with Crippen LogP contribution in [0.5, 0.6) is 23.0 Å². The van der Waals surface area contributed by atoms with Gasteiger partial charge in [0, 0.05) is 34.8 Å². The molecular formula is C20H20N2O5S. The van der Waals surface area contributed by atoms with E-state index in [1.807, 2.05) is 5.38 Å². The molecule has 3 rings (SSSR count). The highest BCUT2D eigenvalue weighted by Crippen LogP contribution is 2.30. The lowest BCUT2D eigenvalue weighted by Crippen LogP contribution is -2.12. The van der Waals surface area contributed by atoms with Gasteiger partial charge in [-0.1, -0.05) is 0 Å². The summed E-state index contributed by atoms with van der Waals surface area (Å²) in [7, 11) is 4.63. The minimum atomic E-state index is -0.292. The Kier molecular flexibility index (Phi) is 6.33. The highest BCUT2D eigenvalue weighted by atomic mass is 32.1. The highest BCUT2D eigenvalue weighted by molar-refractivity contribution is 7.07. The van der Waals surface area contributed by atoms with E-state index in [9.17, 15) is 4.79 Å². The molecule has 146 valence electrons. The number of nitrogens with one attached hydrogen (secondary N) is 1. The third-order valence-electron chi connectivity index (χ3n) is 3.89. The van der Waals surface area contributed by atoms with Crippen LogP contribution in [0.1, 0.15) is 16.1 Å². The number of hydrogen-bond acceptors (Lipinski definition) is 7. The first kappa shape index (κ1) is 19.5. The average Bonchev–Trinajstić information content (AvgIpc) is 3.25. The standard InChI is InChI=1S/C20H20N2O5S/c1-24-16-7-14(8-17(9-16)25-2)22-20(23)13-4-5-18(19(6-13)26-3)27-10-15-11-28-12-21-15/h4-9,11-12H,10H2,1-3H3,(H,22,23). The molecule has 7 nitrogen and oxygen atoms in total. The minimum Gasteiger partial charge on any atom is -0.497 e. The Labute approximate surface area is 166 Å². The number of ether oxygens (including phenoxy) is 4. The number of rotatable bonds is 8. The summed E-state index contributed by atoms with van der Waals surface area (Å²) in [6.45, 7) is 0.328. The van der Waals surface area contributed by atoms with Crippen molar-refractivity contribution >= 4 is 22.9 Å². The molecule has 0 fully saturated rings. The van der Waals surface area contributed by atoms with Crippen molar-refractivity contribution in [2.45, 2.75) is 6.61 Å². The fourth-order valence-corrected chi connectivity index (χ4v) is 3.01. The summed E-state index contributed by atoms with van der Waals surface area (Å²) in [5, 5.41) is 4.74. The maximum absolute atomic E-state index is 12.6. The zero-order chi connectivity index (χ0) is 19.9. The van der Waals surface area contributed by atoms with Crippen molar-refractivity contribution in [2.24, 2.45) is 0 Å². The SMILES string of the molecule is COc1cc(NC(=O)c2ccc(OCc3cscn3)c(OC)c2)cc(OC)c1. The molecule has 0 radical (unpaired) electrons. The molecule has 0 bridgehead atoms. The summed E-state index contributed by atoms with van der Waals surface area (Å²) in [6.07, 6.45) is 0. The van der Waals surface area contributed by atoms with E-state index in [4.69, 9.17) is 18.9 Å². The highest BCUT2D eigenvalue weighted by Gasteiger charge is 2.13. The van der Waals surface area contributed by atoms with Crippen LogP contribution in [-0.2, 0) is 6.61 Å². The molecule has 0 unspecified atom stereocenters. The van der Waals surface area contributed by atoms with Gasteiger partial charge in [0.25, 0.3) is 5.91 Å². The number of methoxy groups -OCH3 is 3. The maximum Gasteiger partial charge on any atom is 0.255 e. The number of aromatic nitrogens is 1. The number of anilines is 1. The molecule has 8 heteroatoms. The van der Waals surface area contributed by atoms with E-state index in [0.29, 0.717) is 40.9 Å². The maximum atomic E-state index is 12.6. The Bertz CT molecular complexity index is 922. The van der Waals surface area contributed by atoms with Gasteiger partial charge in [-0.2, -0.15) is 0 Å². The number of amides is 1. The van der Waals surface area contributed by atoms with Crippen LogP contribution in [0.25, 0.3) is 0 Å². The van der Waals surface area contributed by atoms with Gasteiger partial charge < -0.3 is 24.3 Å². The van der Waals surface area contributed by atoms with Gasteiger partial charge in [0.2, 0.25) is 0 Å².